The molecule has 1 heterocycles. The van der Waals surface area contributed by atoms with Gasteiger partial charge < -0.3 is 10.1 Å². The molecule has 0 aliphatic carbocycles. The topological polar surface area (TPSA) is 57.9 Å². The summed E-state index contributed by atoms with van der Waals surface area (Å²) in [6.45, 7) is 1.77. The molecular weight excluding hydrogens is 253 g/mol. The van der Waals surface area contributed by atoms with Crippen molar-refractivity contribution in [3.63, 3.8) is 0 Å². The van der Waals surface area contributed by atoms with Crippen molar-refractivity contribution < 1.29 is 9.13 Å². The highest BCUT2D eigenvalue weighted by Gasteiger charge is 2.12. The minimum Gasteiger partial charge on any atom is -0.494 e. The Morgan fingerprint density at radius 1 is 1.50 bits per heavy atom. The van der Waals surface area contributed by atoms with Gasteiger partial charge in [-0.25, -0.2) is 4.39 Å². The average molecular weight is 263 g/mol. The number of methoxy groups -OCH3 is 1. The van der Waals surface area contributed by atoms with Crippen LogP contribution in [0.2, 0.25) is 0 Å². The highest BCUT2D eigenvalue weighted by molar-refractivity contribution is 7.10. The van der Waals surface area contributed by atoms with Crippen LogP contribution in [-0.4, -0.2) is 11.5 Å². The van der Waals surface area contributed by atoms with E-state index in [0.29, 0.717) is 27.7 Å². The van der Waals surface area contributed by atoms with Crippen molar-refractivity contribution in [2.24, 2.45) is 0 Å². The van der Waals surface area contributed by atoms with E-state index in [0.717, 1.165) is 0 Å². The SMILES string of the molecule is COc1cc(F)ccc1Nc1snc(C)c1C#N. The molecule has 0 bridgehead atoms. The molecule has 0 unspecified atom stereocenters. The Labute approximate surface area is 108 Å². The van der Waals surface area contributed by atoms with E-state index in [1.54, 1.807) is 13.0 Å². The van der Waals surface area contributed by atoms with Crippen LogP contribution in [-0.2, 0) is 0 Å². The lowest BCUT2D eigenvalue weighted by Gasteiger charge is -2.09. The third-order valence-electron chi connectivity index (χ3n) is 2.39. The molecule has 0 fully saturated rings. The summed E-state index contributed by atoms with van der Waals surface area (Å²) in [4.78, 5) is 0. The van der Waals surface area contributed by atoms with Crippen LogP contribution in [0.1, 0.15) is 11.3 Å². The number of aryl methyl sites for hydroxylation is 1. The first-order valence-corrected chi connectivity index (χ1v) is 5.90. The molecule has 18 heavy (non-hydrogen) atoms. The molecule has 0 spiro atoms. The van der Waals surface area contributed by atoms with Crippen LogP contribution in [0.15, 0.2) is 18.2 Å². The maximum absolute atomic E-state index is 13.1. The van der Waals surface area contributed by atoms with Gasteiger partial charge in [-0.2, -0.15) is 9.64 Å². The van der Waals surface area contributed by atoms with Gasteiger partial charge in [0.05, 0.1) is 18.5 Å². The molecule has 0 atom stereocenters. The molecule has 1 aromatic carbocycles. The maximum atomic E-state index is 13.1. The molecular formula is C12H10FN3OS. The number of hydrogen-bond acceptors (Lipinski definition) is 5. The first kappa shape index (κ1) is 12.3. The van der Waals surface area contributed by atoms with E-state index >= 15 is 0 Å². The number of benzene rings is 1. The number of nitrogens with one attached hydrogen (secondary N) is 1. The second-order valence-corrected chi connectivity index (χ2v) is 4.33. The standard InChI is InChI=1S/C12H10FN3OS/c1-7-9(6-14)12(18-16-7)15-10-4-3-8(13)5-11(10)17-2/h3-5,15H,1-2H3. The molecule has 1 N–H and O–H groups in total. The van der Waals surface area contributed by atoms with E-state index < -0.39 is 0 Å². The van der Waals surface area contributed by atoms with Crippen LogP contribution in [0, 0.1) is 24.1 Å². The predicted molar refractivity (Wildman–Crippen MR) is 67.8 cm³/mol. The number of aromatic nitrogens is 1. The number of rotatable bonds is 3. The van der Waals surface area contributed by atoms with E-state index in [1.807, 2.05) is 0 Å². The van der Waals surface area contributed by atoms with Crippen molar-refractivity contribution in [3.05, 3.63) is 35.3 Å². The van der Waals surface area contributed by atoms with Crippen LogP contribution in [0.5, 0.6) is 5.75 Å². The lowest BCUT2D eigenvalue weighted by atomic mass is 10.2. The van der Waals surface area contributed by atoms with Gasteiger partial charge >= 0.3 is 0 Å². The predicted octanol–water partition coefficient (Wildman–Crippen LogP) is 3.21. The van der Waals surface area contributed by atoms with Crippen LogP contribution < -0.4 is 10.1 Å². The molecule has 2 aromatic rings. The Morgan fingerprint density at radius 3 is 2.94 bits per heavy atom. The van der Waals surface area contributed by atoms with Gasteiger partial charge in [-0.15, -0.1) is 0 Å². The van der Waals surface area contributed by atoms with Crippen molar-refractivity contribution in [2.75, 3.05) is 12.4 Å². The third-order valence-corrected chi connectivity index (χ3v) is 3.24. The number of anilines is 2. The van der Waals surface area contributed by atoms with E-state index in [-0.39, 0.29) is 5.82 Å². The molecule has 0 radical (unpaired) electrons. The minimum atomic E-state index is -0.376. The third kappa shape index (κ3) is 2.26. The fourth-order valence-corrected chi connectivity index (χ4v) is 2.24. The summed E-state index contributed by atoms with van der Waals surface area (Å²) >= 11 is 1.19. The number of hydrogen-bond donors (Lipinski definition) is 1. The van der Waals surface area contributed by atoms with E-state index in [1.165, 1.54) is 30.8 Å². The van der Waals surface area contributed by atoms with Crippen LogP contribution in [0.4, 0.5) is 15.1 Å². The number of nitrogens with zero attached hydrogens (tertiary/aromatic N) is 2. The van der Waals surface area contributed by atoms with Gasteiger partial charge in [-0.3, -0.25) is 0 Å². The van der Waals surface area contributed by atoms with Crippen LogP contribution in [0.25, 0.3) is 0 Å². The highest BCUT2D eigenvalue weighted by Crippen LogP contribution is 2.32. The van der Waals surface area contributed by atoms with Gasteiger partial charge in [0, 0.05) is 6.07 Å². The summed E-state index contributed by atoms with van der Waals surface area (Å²) in [7, 11) is 1.46. The summed E-state index contributed by atoms with van der Waals surface area (Å²) in [6.07, 6.45) is 0. The molecule has 0 aliphatic rings. The van der Waals surface area contributed by atoms with Crippen molar-refractivity contribution in [3.8, 4) is 11.8 Å². The van der Waals surface area contributed by atoms with E-state index in [2.05, 4.69) is 15.8 Å². The van der Waals surface area contributed by atoms with Gasteiger partial charge in [0.1, 0.15) is 28.2 Å². The van der Waals surface area contributed by atoms with Gasteiger partial charge in [0.15, 0.2) is 0 Å². The van der Waals surface area contributed by atoms with Gasteiger partial charge in [0.25, 0.3) is 0 Å². The molecule has 0 amide bonds. The van der Waals surface area contributed by atoms with Crippen molar-refractivity contribution >= 4 is 22.2 Å². The second kappa shape index (κ2) is 5.02. The fraction of sp³-hybridized carbons (Fsp3) is 0.167. The Morgan fingerprint density at radius 2 is 2.28 bits per heavy atom. The van der Waals surface area contributed by atoms with Crippen molar-refractivity contribution in [1.82, 2.24) is 4.37 Å². The lowest BCUT2D eigenvalue weighted by molar-refractivity contribution is 0.413. The van der Waals surface area contributed by atoms with Crippen LogP contribution >= 0.6 is 11.5 Å². The molecule has 0 saturated heterocycles. The van der Waals surface area contributed by atoms with Crippen molar-refractivity contribution in [1.29, 1.82) is 5.26 Å². The summed E-state index contributed by atoms with van der Waals surface area (Å²) in [5.41, 5.74) is 1.76. The van der Waals surface area contributed by atoms with E-state index in [9.17, 15) is 4.39 Å². The maximum Gasteiger partial charge on any atom is 0.145 e. The smallest absolute Gasteiger partial charge is 0.145 e. The summed E-state index contributed by atoms with van der Waals surface area (Å²) in [6, 6.07) is 6.25. The number of halogens is 1. The first-order valence-electron chi connectivity index (χ1n) is 5.12. The Kier molecular flexibility index (Phi) is 3.44. The minimum absolute atomic E-state index is 0.376. The largest absolute Gasteiger partial charge is 0.494 e. The zero-order chi connectivity index (χ0) is 13.1. The summed E-state index contributed by atoms with van der Waals surface area (Å²) in [5, 5.41) is 12.7. The number of ether oxygens (including phenoxy) is 1. The summed E-state index contributed by atoms with van der Waals surface area (Å²) in [5.74, 6) is 0.00309. The Hall–Kier alpha value is -2.13. The van der Waals surface area contributed by atoms with Gasteiger partial charge in [0.2, 0.25) is 0 Å². The monoisotopic (exact) mass is 263 g/mol. The molecule has 1 aromatic heterocycles. The Bertz CT molecular complexity index is 618. The zero-order valence-electron chi connectivity index (χ0n) is 9.82. The molecule has 4 nitrogen and oxygen atoms in total. The zero-order valence-corrected chi connectivity index (χ0v) is 10.6. The second-order valence-electron chi connectivity index (χ2n) is 3.55. The normalized spacial score (nSPS) is 9.89. The fourth-order valence-electron chi connectivity index (χ4n) is 1.48. The molecule has 6 heteroatoms. The average Bonchev–Trinajstić information content (AvgIpc) is 2.72. The van der Waals surface area contributed by atoms with E-state index in [4.69, 9.17) is 10.00 Å². The van der Waals surface area contributed by atoms with Crippen LogP contribution in [0.3, 0.4) is 0 Å². The Balaban J connectivity index is 2.37. The van der Waals surface area contributed by atoms with Gasteiger partial charge in [-0.05, 0) is 30.6 Å². The quantitative estimate of drug-likeness (QED) is 0.923. The molecule has 92 valence electrons. The molecule has 0 aliphatic heterocycles. The molecule has 0 saturated carbocycles. The lowest BCUT2D eigenvalue weighted by Crippen LogP contribution is -1.95. The van der Waals surface area contributed by atoms with Gasteiger partial charge in [-0.1, -0.05) is 0 Å². The molecule has 2 rings (SSSR count). The highest BCUT2D eigenvalue weighted by atomic mass is 32.1. The van der Waals surface area contributed by atoms with Crippen molar-refractivity contribution in [2.45, 2.75) is 6.92 Å². The summed E-state index contributed by atoms with van der Waals surface area (Å²) < 4.78 is 22.2. The number of nitriles is 1. The first-order chi connectivity index (χ1) is 8.65.